The van der Waals surface area contributed by atoms with E-state index in [2.05, 4.69) is 10.2 Å². The van der Waals surface area contributed by atoms with E-state index >= 15 is 0 Å². The highest BCUT2D eigenvalue weighted by Crippen LogP contribution is 2.27. The Balaban J connectivity index is 1.89. The van der Waals surface area contributed by atoms with Crippen LogP contribution in [-0.2, 0) is 11.2 Å². The summed E-state index contributed by atoms with van der Waals surface area (Å²) in [5.74, 6) is 1.88. The number of hydrogen-bond donors (Lipinski definition) is 0. The van der Waals surface area contributed by atoms with Gasteiger partial charge in [0.1, 0.15) is 11.8 Å². The van der Waals surface area contributed by atoms with Crippen molar-refractivity contribution in [3.8, 4) is 0 Å². The average molecular weight is 305 g/mol. The first-order valence-corrected chi connectivity index (χ1v) is 7.38. The number of carbonyl (C=O) groups excluding carboxylic acids is 1. The summed E-state index contributed by atoms with van der Waals surface area (Å²) in [7, 11) is 0. The molecule has 3 rings (SSSR count). The number of nitrogens with zero attached hydrogens (tertiary/aromatic N) is 3. The molecule has 0 unspecified atom stereocenters. The van der Waals surface area contributed by atoms with Crippen LogP contribution in [0.4, 0.5) is 0 Å². The fourth-order valence-corrected chi connectivity index (χ4v) is 2.56. The van der Waals surface area contributed by atoms with Crippen molar-refractivity contribution in [3.63, 3.8) is 0 Å². The van der Waals surface area contributed by atoms with Gasteiger partial charge < -0.3 is 18.5 Å². The maximum atomic E-state index is 12.8. The third-order valence-corrected chi connectivity index (χ3v) is 3.73. The van der Waals surface area contributed by atoms with E-state index < -0.39 is 0 Å². The number of aryl methyl sites for hydroxylation is 3. The average Bonchev–Trinajstić information content (AvgIpc) is 3.12. The predicted molar refractivity (Wildman–Crippen MR) is 76.5 cm³/mol. The Hall–Kier alpha value is -2.15. The highest BCUT2D eigenvalue weighted by molar-refractivity contribution is 5.93. The number of hydrogen-bond acceptors (Lipinski definition) is 6. The molecule has 22 heavy (non-hydrogen) atoms. The van der Waals surface area contributed by atoms with Gasteiger partial charge in [-0.05, 0) is 13.0 Å². The van der Waals surface area contributed by atoms with Gasteiger partial charge >= 0.3 is 0 Å². The molecule has 2 aromatic heterocycles. The van der Waals surface area contributed by atoms with Crippen molar-refractivity contribution in [3.05, 3.63) is 34.9 Å². The first-order chi connectivity index (χ1) is 10.6. The van der Waals surface area contributed by atoms with Crippen molar-refractivity contribution < 1.29 is 18.4 Å². The van der Waals surface area contributed by atoms with Crippen LogP contribution in [0.25, 0.3) is 0 Å². The molecule has 0 spiro atoms. The largest absolute Gasteiger partial charge is 0.456 e. The lowest BCUT2D eigenvalue weighted by Crippen LogP contribution is -2.43. The molecule has 3 heterocycles. The van der Waals surface area contributed by atoms with E-state index in [1.165, 1.54) is 0 Å². The monoisotopic (exact) mass is 305 g/mol. The van der Waals surface area contributed by atoms with Gasteiger partial charge in [0, 0.05) is 25.5 Å². The van der Waals surface area contributed by atoms with Gasteiger partial charge in [-0.3, -0.25) is 4.79 Å². The van der Waals surface area contributed by atoms with Crippen molar-refractivity contribution in [2.24, 2.45) is 0 Å². The van der Waals surface area contributed by atoms with Crippen LogP contribution in [0.3, 0.4) is 0 Å². The second kappa shape index (κ2) is 5.92. The van der Waals surface area contributed by atoms with Crippen molar-refractivity contribution in [1.29, 1.82) is 0 Å². The van der Waals surface area contributed by atoms with E-state index in [9.17, 15) is 4.79 Å². The summed E-state index contributed by atoms with van der Waals surface area (Å²) in [4.78, 5) is 14.5. The van der Waals surface area contributed by atoms with Gasteiger partial charge in [0.2, 0.25) is 11.8 Å². The maximum absolute atomic E-state index is 12.8. The summed E-state index contributed by atoms with van der Waals surface area (Å²) in [6, 6.07) is 1.52. The molecule has 1 aliphatic rings. The topological polar surface area (TPSA) is 81.6 Å². The lowest BCUT2D eigenvalue weighted by atomic mass is 10.1. The quantitative estimate of drug-likeness (QED) is 0.863. The normalized spacial score (nSPS) is 18.7. The molecule has 1 amide bonds. The Morgan fingerprint density at radius 3 is 2.82 bits per heavy atom. The van der Waals surface area contributed by atoms with Gasteiger partial charge in [-0.25, -0.2) is 0 Å². The second-order valence-corrected chi connectivity index (χ2v) is 5.33. The van der Waals surface area contributed by atoms with Gasteiger partial charge in [-0.15, -0.1) is 10.2 Å². The lowest BCUT2D eigenvalue weighted by Gasteiger charge is -2.32. The molecule has 0 N–H and O–H groups in total. The van der Waals surface area contributed by atoms with Crippen LogP contribution in [0.1, 0.15) is 46.6 Å². The Morgan fingerprint density at radius 2 is 2.18 bits per heavy atom. The molecule has 7 heteroatoms. The number of furan rings is 1. The minimum absolute atomic E-state index is 0.165. The number of amides is 1. The highest BCUT2D eigenvalue weighted by atomic mass is 16.5. The number of rotatable bonds is 3. The molecule has 0 aromatic carbocycles. The highest BCUT2D eigenvalue weighted by Gasteiger charge is 2.35. The van der Waals surface area contributed by atoms with Crippen LogP contribution in [0.5, 0.6) is 0 Å². The minimum Gasteiger partial charge on any atom is -0.456 e. The third kappa shape index (κ3) is 2.64. The number of morpholine rings is 1. The van der Waals surface area contributed by atoms with Crippen LogP contribution < -0.4 is 0 Å². The Kier molecular flexibility index (Phi) is 3.98. The fourth-order valence-electron chi connectivity index (χ4n) is 2.56. The zero-order valence-electron chi connectivity index (χ0n) is 13.0. The van der Waals surface area contributed by atoms with E-state index in [-0.39, 0.29) is 11.9 Å². The van der Waals surface area contributed by atoms with Crippen LogP contribution in [0.15, 0.2) is 14.9 Å². The van der Waals surface area contributed by atoms with E-state index in [4.69, 9.17) is 13.6 Å². The van der Waals surface area contributed by atoms with Crippen LogP contribution in [-0.4, -0.2) is 40.8 Å². The summed E-state index contributed by atoms with van der Waals surface area (Å²) < 4.78 is 16.6. The lowest BCUT2D eigenvalue weighted by molar-refractivity contribution is -0.0122. The Bertz CT molecular complexity index is 676. The molecule has 118 valence electrons. The first kappa shape index (κ1) is 14.8. The molecule has 1 fully saturated rings. The zero-order valence-corrected chi connectivity index (χ0v) is 13.0. The Morgan fingerprint density at radius 1 is 1.36 bits per heavy atom. The summed E-state index contributed by atoms with van der Waals surface area (Å²) in [5.41, 5.74) is 0.841. The SMILES string of the molecule is CCc1cc(C)c(C(=O)N2CCOC[C@H]2c2nnc(C)o2)o1. The number of ether oxygens (including phenoxy) is 1. The second-order valence-electron chi connectivity index (χ2n) is 5.33. The molecule has 1 atom stereocenters. The third-order valence-electron chi connectivity index (χ3n) is 3.73. The first-order valence-electron chi connectivity index (χ1n) is 7.38. The van der Waals surface area contributed by atoms with Gasteiger partial charge in [0.25, 0.3) is 5.91 Å². The molecular weight excluding hydrogens is 286 g/mol. The van der Waals surface area contributed by atoms with Crippen LogP contribution >= 0.6 is 0 Å². The smallest absolute Gasteiger partial charge is 0.290 e. The number of aromatic nitrogens is 2. The minimum atomic E-state index is -0.378. The standard InChI is InChI=1S/C15H19N3O4/c1-4-11-7-9(2)13(22-11)15(19)18-5-6-20-8-12(18)14-17-16-10(3)21-14/h7,12H,4-6,8H2,1-3H3/t12-/m0/s1. The summed E-state index contributed by atoms with van der Waals surface area (Å²) in [6.07, 6.45) is 0.753. The van der Waals surface area contributed by atoms with E-state index in [0.717, 1.165) is 17.7 Å². The van der Waals surface area contributed by atoms with Gasteiger partial charge in [-0.2, -0.15) is 0 Å². The molecule has 1 aliphatic heterocycles. The molecule has 0 aliphatic carbocycles. The van der Waals surface area contributed by atoms with Crippen LogP contribution in [0.2, 0.25) is 0 Å². The molecule has 0 bridgehead atoms. The molecule has 0 radical (unpaired) electrons. The van der Waals surface area contributed by atoms with E-state index in [1.54, 1.807) is 11.8 Å². The van der Waals surface area contributed by atoms with Crippen molar-refractivity contribution in [2.45, 2.75) is 33.2 Å². The molecule has 2 aromatic rings. The summed E-state index contributed by atoms with van der Waals surface area (Å²) in [5, 5.41) is 7.85. The van der Waals surface area contributed by atoms with Crippen LogP contribution in [0, 0.1) is 13.8 Å². The zero-order chi connectivity index (χ0) is 15.7. The van der Waals surface area contributed by atoms with Gasteiger partial charge in [0.05, 0.1) is 13.2 Å². The summed E-state index contributed by atoms with van der Waals surface area (Å²) in [6.45, 7) is 6.88. The summed E-state index contributed by atoms with van der Waals surface area (Å²) >= 11 is 0. The van der Waals surface area contributed by atoms with E-state index in [1.807, 2.05) is 19.9 Å². The fraction of sp³-hybridized carbons (Fsp3) is 0.533. The Labute approximate surface area is 128 Å². The molecule has 1 saturated heterocycles. The predicted octanol–water partition coefficient (Wildman–Crippen LogP) is 2.06. The van der Waals surface area contributed by atoms with E-state index in [0.29, 0.717) is 37.3 Å². The molecule has 0 saturated carbocycles. The van der Waals surface area contributed by atoms with Gasteiger partial charge in [-0.1, -0.05) is 6.92 Å². The van der Waals surface area contributed by atoms with Crippen molar-refractivity contribution >= 4 is 5.91 Å². The molecular formula is C15H19N3O4. The van der Waals surface area contributed by atoms with Crippen molar-refractivity contribution in [1.82, 2.24) is 15.1 Å². The number of carbonyl (C=O) groups is 1. The van der Waals surface area contributed by atoms with Crippen molar-refractivity contribution in [2.75, 3.05) is 19.8 Å². The molecule has 7 nitrogen and oxygen atoms in total. The van der Waals surface area contributed by atoms with Gasteiger partial charge in [0.15, 0.2) is 5.76 Å². The maximum Gasteiger partial charge on any atom is 0.290 e.